The van der Waals surface area contributed by atoms with Crippen molar-refractivity contribution in [3.63, 3.8) is 0 Å². The predicted molar refractivity (Wildman–Crippen MR) is 91.6 cm³/mol. The Morgan fingerprint density at radius 1 is 1.27 bits per heavy atom. The maximum Gasteiger partial charge on any atom is 0.224 e. The first kappa shape index (κ1) is 15.0. The van der Waals surface area contributed by atoms with Crippen LogP contribution in [0.15, 0.2) is 35.8 Å². The molecule has 0 aliphatic carbocycles. The largest absolute Gasteiger partial charge is 0.357 e. The van der Waals surface area contributed by atoms with Gasteiger partial charge in [0, 0.05) is 24.4 Å². The molecule has 1 fully saturated rings. The number of nitrogens with one attached hydrogen (secondary N) is 1. The van der Waals surface area contributed by atoms with Crippen molar-refractivity contribution in [3.05, 3.63) is 40.7 Å². The van der Waals surface area contributed by atoms with E-state index in [9.17, 15) is 4.79 Å². The molecule has 1 saturated heterocycles. The van der Waals surface area contributed by atoms with Crippen LogP contribution in [0.5, 0.6) is 0 Å². The Bertz CT molecular complexity index is 589. The monoisotopic (exact) mass is 315 g/mol. The number of hydrogen-bond donors (Lipinski definition) is 1. The van der Waals surface area contributed by atoms with Crippen LogP contribution in [0.1, 0.15) is 30.6 Å². The summed E-state index contributed by atoms with van der Waals surface area (Å²) in [6, 6.07) is 8.10. The second-order valence-electron chi connectivity index (χ2n) is 5.58. The zero-order valence-corrected chi connectivity index (χ0v) is 13.4. The molecule has 0 radical (unpaired) electrons. The highest BCUT2D eigenvalue weighted by Crippen LogP contribution is 2.19. The van der Waals surface area contributed by atoms with Crippen LogP contribution < -0.4 is 10.2 Å². The van der Waals surface area contributed by atoms with E-state index in [2.05, 4.69) is 26.6 Å². The van der Waals surface area contributed by atoms with Gasteiger partial charge < -0.3 is 10.2 Å². The third-order valence-corrected chi connectivity index (χ3v) is 4.80. The smallest absolute Gasteiger partial charge is 0.224 e. The van der Waals surface area contributed by atoms with Gasteiger partial charge in [0.05, 0.1) is 11.9 Å². The summed E-state index contributed by atoms with van der Waals surface area (Å²) in [4.78, 5) is 20.0. The number of carbonyl (C=O) groups is 1. The summed E-state index contributed by atoms with van der Waals surface area (Å²) in [7, 11) is 0. The molecule has 1 aliphatic heterocycles. The van der Waals surface area contributed by atoms with E-state index in [-0.39, 0.29) is 5.91 Å². The predicted octanol–water partition coefficient (Wildman–Crippen LogP) is 3.70. The topological polar surface area (TPSA) is 45.2 Å². The Labute approximate surface area is 135 Å². The van der Waals surface area contributed by atoms with Gasteiger partial charge in [-0.3, -0.25) is 4.79 Å². The van der Waals surface area contributed by atoms with Crippen LogP contribution >= 0.6 is 11.3 Å². The van der Waals surface area contributed by atoms with Gasteiger partial charge in [0.15, 0.2) is 0 Å². The molecule has 1 amide bonds. The zero-order chi connectivity index (χ0) is 15.2. The summed E-state index contributed by atoms with van der Waals surface area (Å²) in [6.07, 6.45) is 6.63. The fraction of sp³-hybridized carbons (Fsp3) is 0.412. The molecule has 0 aromatic carbocycles. The molecule has 4 nitrogen and oxygen atoms in total. The van der Waals surface area contributed by atoms with Crippen molar-refractivity contribution >= 4 is 28.7 Å². The van der Waals surface area contributed by atoms with E-state index in [0.29, 0.717) is 6.42 Å². The molecule has 0 bridgehead atoms. The maximum atomic E-state index is 11.9. The Morgan fingerprint density at radius 2 is 2.14 bits per heavy atom. The minimum Gasteiger partial charge on any atom is -0.357 e. The quantitative estimate of drug-likeness (QED) is 0.884. The van der Waals surface area contributed by atoms with Crippen molar-refractivity contribution in [1.82, 2.24) is 4.98 Å². The van der Waals surface area contributed by atoms with E-state index in [1.807, 2.05) is 18.2 Å². The van der Waals surface area contributed by atoms with Gasteiger partial charge in [-0.2, -0.15) is 0 Å². The summed E-state index contributed by atoms with van der Waals surface area (Å²) in [5.74, 6) is 1.07. The molecular weight excluding hydrogens is 294 g/mol. The lowest BCUT2D eigenvalue weighted by molar-refractivity contribution is -0.116. The lowest BCUT2D eigenvalue weighted by atomic mass is 10.2. The summed E-state index contributed by atoms with van der Waals surface area (Å²) < 4.78 is 0. The van der Waals surface area contributed by atoms with Crippen LogP contribution in [-0.2, 0) is 11.2 Å². The fourth-order valence-electron chi connectivity index (χ4n) is 2.69. The second kappa shape index (κ2) is 7.40. The van der Waals surface area contributed by atoms with Gasteiger partial charge >= 0.3 is 0 Å². The van der Waals surface area contributed by atoms with E-state index in [0.717, 1.165) is 37.4 Å². The zero-order valence-electron chi connectivity index (χ0n) is 12.6. The minimum atomic E-state index is 0.0623. The summed E-state index contributed by atoms with van der Waals surface area (Å²) >= 11 is 1.75. The maximum absolute atomic E-state index is 11.9. The Kier molecular flexibility index (Phi) is 5.06. The molecule has 116 valence electrons. The van der Waals surface area contributed by atoms with Crippen LogP contribution in [0.3, 0.4) is 0 Å². The number of amides is 1. The molecule has 0 unspecified atom stereocenters. The molecule has 22 heavy (non-hydrogen) atoms. The van der Waals surface area contributed by atoms with E-state index in [4.69, 9.17) is 0 Å². The number of hydrogen-bond acceptors (Lipinski definition) is 4. The number of rotatable bonds is 6. The highest BCUT2D eigenvalue weighted by Gasteiger charge is 2.13. The van der Waals surface area contributed by atoms with Gasteiger partial charge in [0.2, 0.25) is 5.91 Å². The molecule has 2 aromatic heterocycles. The number of anilines is 2. The average molecular weight is 315 g/mol. The van der Waals surface area contributed by atoms with Crippen molar-refractivity contribution < 1.29 is 4.79 Å². The Morgan fingerprint density at radius 3 is 2.82 bits per heavy atom. The fourth-order valence-corrected chi connectivity index (χ4v) is 3.45. The molecular formula is C17H21N3OS. The molecule has 5 heteroatoms. The van der Waals surface area contributed by atoms with E-state index in [1.165, 1.54) is 17.7 Å². The molecule has 1 N–H and O–H groups in total. The number of aryl methyl sites for hydroxylation is 1. The molecule has 1 aliphatic rings. The SMILES string of the molecule is O=C(CCCc1cccs1)Nc1ccc(N2CCCC2)nc1. The molecule has 3 rings (SSSR count). The number of thiophene rings is 1. The van der Waals surface area contributed by atoms with E-state index >= 15 is 0 Å². The van der Waals surface area contributed by atoms with Crippen LogP contribution in [0.4, 0.5) is 11.5 Å². The molecule has 0 saturated carbocycles. The van der Waals surface area contributed by atoms with Crippen molar-refractivity contribution in [1.29, 1.82) is 0 Å². The molecule has 3 heterocycles. The van der Waals surface area contributed by atoms with Crippen molar-refractivity contribution in [2.45, 2.75) is 32.1 Å². The third-order valence-electron chi connectivity index (χ3n) is 3.87. The van der Waals surface area contributed by atoms with Gasteiger partial charge in [-0.05, 0) is 49.3 Å². The summed E-state index contributed by atoms with van der Waals surface area (Å²) in [5, 5.41) is 5.00. The summed E-state index contributed by atoms with van der Waals surface area (Å²) in [6.45, 7) is 2.17. The van der Waals surface area contributed by atoms with E-state index in [1.54, 1.807) is 17.5 Å². The highest BCUT2D eigenvalue weighted by atomic mass is 32.1. The lowest BCUT2D eigenvalue weighted by Crippen LogP contribution is -2.19. The summed E-state index contributed by atoms with van der Waals surface area (Å²) in [5.41, 5.74) is 0.782. The molecule has 0 atom stereocenters. The van der Waals surface area contributed by atoms with Gasteiger partial charge in [-0.25, -0.2) is 4.98 Å². The first-order valence-electron chi connectivity index (χ1n) is 7.84. The van der Waals surface area contributed by atoms with Gasteiger partial charge in [0.1, 0.15) is 5.82 Å². The number of aromatic nitrogens is 1. The van der Waals surface area contributed by atoms with Crippen molar-refractivity contribution in [2.75, 3.05) is 23.3 Å². The first-order valence-corrected chi connectivity index (χ1v) is 8.72. The van der Waals surface area contributed by atoms with E-state index < -0.39 is 0 Å². The molecule has 0 spiro atoms. The Hall–Kier alpha value is -1.88. The first-order chi connectivity index (χ1) is 10.8. The van der Waals surface area contributed by atoms with Gasteiger partial charge in [0.25, 0.3) is 0 Å². The average Bonchev–Trinajstić information content (AvgIpc) is 3.21. The standard InChI is InChI=1S/C17H21N3OS/c21-17(7-3-5-15-6-4-12-22-15)19-14-8-9-16(18-13-14)20-10-1-2-11-20/h4,6,8-9,12-13H,1-3,5,7,10-11H2,(H,19,21). The van der Waals surface area contributed by atoms with Crippen LogP contribution in [0.25, 0.3) is 0 Å². The Balaban J connectivity index is 1.44. The van der Waals surface area contributed by atoms with Crippen molar-refractivity contribution in [2.24, 2.45) is 0 Å². The lowest BCUT2D eigenvalue weighted by Gasteiger charge is -2.16. The normalized spacial score (nSPS) is 14.3. The number of pyridine rings is 1. The highest BCUT2D eigenvalue weighted by molar-refractivity contribution is 7.09. The van der Waals surface area contributed by atoms with Gasteiger partial charge in [-0.15, -0.1) is 11.3 Å². The van der Waals surface area contributed by atoms with Gasteiger partial charge in [-0.1, -0.05) is 6.07 Å². The van der Waals surface area contributed by atoms with Crippen LogP contribution in [-0.4, -0.2) is 24.0 Å². The van der Waals surface area contributed by atoms with Crippen LogP contribution in [0.2, 0.25) is 0 Å². The second-order valence-corrected chi connectivity index (χ2v) is 6.61. The molecule has 2 aromatic rings. The number of nitrogens with zero attached hydrogens (tertiary/aromatic N) is 2. The number of carbonyl (C=O) groups excluding carboxylic acids is 1. The third kappa shape index (κ3) is 4.07. The van der Waals surface area contributed by atoms with Crippen LogP contribution in [0, 0.1) is 0 Å². The minimum absolute atomic E-state index is 0.0623. The van der Waals surface area contributed by atoms with Crippen molar-refractivity contribution in [3.8, 4) is 0 Å².